The van der Waals surface area contributed by atoms with Crippen molar-refractivity contribution in [3.05, 3.63) is 0 Å². The molecule has 0 radical (unpaired) electrons. The minimum atomic E-state index is -1.04. The van der Waals surface area contributed by atoms with E-state index in [1.165, 1.54) is 6.92 Å². The maximum absolute atomic E-state index is 10.6. The summed E-state index contributed by atoms with van der Waals surface area (Å²) in [6, 6.07) is 0. The Morgan fingerprint density at radius 1 is 1.83 bits per heavy atom. The van der Waals surface area contributed by atoms with E-state index in [9.17, 15) is 4.79 Å². The van der Waals surface area contributed by atoms with E-state index < -0.39 is 11.4 Å². The molecule has 2 N–H and O–H groups in total. The molecule has 0 saturated carbocycles. The average molecular weight is 167 g/mol. The number of terminal acetylenes is 1. The van der Waals surface area contributed by atoms with Gasteiger partial charge in [0.1, 0.15) is 0 Å². The van der Waals surface area contributed by atoms with E-state index in [0.717, 1.165) is 6.21 Å². The maximum Gasteiger partial charge on any atom is 0.314 e. The van der Waals surface area contributed by atoms with E-state index >= 15 is 0 Å². The van der Waals surface area contributed by atoms with Crippen LogP contribution in [-0.2, 0) is 4.79 Å². The lowest BCUT2D eigenvalue weighted by atomic mass is 9.86. The number of carboxylic acid groups (broad SMARTS) is 1. The van der Waals surface area contributed by atoms with Crippen molar-refractivity contribution in [2.75, 3.05) is 0 Å². The van der Waals surface area contributed by atoms with Gasteiger partial charge >= 0.3 is 5.97 Å². The van der Waals surface area contributed by atoms with Crippen molar-refractivity contribution in [3.63, 3.8) is 0 Å². The van der Waals surface area contributed by atoms with Gasteiger partial charge in [-0.1, -0.05) is 0 Å². The molecular formula is C9H13NO2. The van der Waals surface area contributed by atoms with Gasteiger partial charge in [-0.25, -0.2) is 0 Å². The van der Waals surface area contributed by atoms with Crippen LogP contribution in [-0.4, -0.2) is 17.3 Å². The molecule has 3 heteroatoms. The quantitative estimate of drug-likeness (QED) is 0.370. The predicted octanol–water partition coefficient (Wildman–Crippen LogP) is 1.53. The lowest BCUT2D eigenvalue weighted by Gasteiger charge is -2.17. The third-order valence-corrected chi connectivity index (χ3v) is 1.82. The number of hydrogen-bond acceptors (Lipinski definition) is 2. The Morgan fingerprint density at radius 3 is 2.75 bits per heavy atom. The van der Waals surface area contributed by atoms with Crippen molar-refractivity contribution in [3.8, 4) is 12.3 Å². The molecule has 66 valence electrons. The summed E-state index contributed by atoms with van der Waals surface area (Å²) in [7, 11) is 0. The zero-order valence-electron chi connectivity index (χ0n) is 7.13. The first-order valence-electron chi connectivity index (χ1n) is 3.75. The summed E-state index contributed by atoms with van der Waals surface area (Å²) in [6.07, 6.45) is 7.63. The number of carbonyl (C=O) groups is 1. The molecule has 0 fully saturated rings. The second kappa shape index (κ2) is 4.55. The number of aliphatic carboxylic acids is 1. The highest BCUT2D eigenvalue weighted by Gasteiger charge is 2.29. The van der Waals surface area contributed by atoms with Crippen LogP contribution in [0.25, 0.3) is 0 Å². The van der Waals surface area contributed by atoms with E-state index in [4.69, 9.17) is 16.9 Å². The molecule has 0 spiro atoms. The van der Waals surface area contributed by atoms with Crippen LogP contribution in [0, 0.1) is 23.2 Å². The summed E-state index contributed by atoms with van der Waals surface area (Å²) >= 11 is 0. The van der Waals surface area contributed by atoms with Crippen LogP contribution in [0.2, 0.25) is 0 Å². The fourth-order valence-corrected chi connectivity index (χ4v) is 0.799. The number of rotatable bonds is 5. The topological polar surface area (TPSA) is 61.2 Å². The molecule has 0 aromatic rings. The first-order valence-corrected chi connectivity index (χ1v) is 3.75. The van der Waals surface area contributed by atoms with Gasteiger partial charge in [-0.3, -0.25) is 4.79 Å². The van der Waals surface area contributed by atoms with Crippen LogP contribution in [0.3, 0.4) is 0 Å². The fraction of sp³-hybridized carbons (Fsp3) is 0.556. The van der Waals surface area contributed by atoms with Crippen LogP contribution in [0.5, 0.6) is 0 Å². The lowest BCUT2D eigenvalue weighted by molar-refractivity contribution is -0.144. The Kier molecular flexibility index (Phi) is 4.06. The van der Waals surface area contributed by atoms with Crippen molar-refractivity contribution in [1.82, 2.24) is 0 Å². The predicted molar refractivity (Wildman–Crippen MR) is 47.2 cm³/mol. The minimum Gasteiger partial charge on any atom is -0.481 e. The molecule has 0 amide bonds. The normalized spacial score (nSPS) is 14.3. The summed E-state index contributed by atoms with van der Waals surface area (Å²) in [5, 5.41) is 15.7. The number of unbranched alkanes of at least 4 members (excludes halogenated alkanes) is 1. The van der Waals surface area contributed by atoms with Crippen LogP contribution < -0.4 is 0 Å². The van der Waals surface area contributed by atoms with Crippen LogP contribution in [0.15, 0.2) is 0 Å². The highest BCUT2D eigenvalue weighted by atomic mass is 16.4. The molecule has 0 heterocycles. The van der Waals surface area contributed by atoms with Gasteiger partial charge in [0.15, 0.2) is 0 Å². The number of hydrogen-bond donors (Lipinski definition) is 2. The molecule has 12 heavy (non-hydrogen) atoms. The third-order valence-electron chi connectivity index (χ3n) is 1.82. The van der Waals surface area contributed by atoms with Gasteiger partial charge in [0.05, 0.1) is 5.41 Å². The first kappa shape index (κ1) is 10.7. The van der Waals surface area contributed by atoms with Crippen molar-refractivity contribution in [2.24, 2.45) is 5.41 Å². The molecule has 0 bridgehead atoms. The molecule has 1 atom stereocenters. The summed E-state index contributed by atoms with van der Waals surface area (Å²) in [4.78, 5) is 10.6. The molecule has 0 saturated heterocycles. The summed E-state index contributed by atoms with van der Waals surface area (Å²) in [5.41, 5.74) is -1.04. The monoisotopic (exact) mass is 167 g/mol. The van der Waals surface area contributed by atoms with Crippen molar-refractivity contribution < 1.29 is 9.90 Å². The van der Waals surface area contributed by atoms with Gasteiger partial charge in [0.25, 0.3) is 0 Å². The van der Waals surface area contributed by atoms with E-state index in [0.29, 0.717) is 19.3 Å². The summed E-state index contributed by atoms with van der Waals surface area (Å²) < 4.78 is 0. The van der Waals surface area contributed by atoms with Crippen LogP contribution >= 0.6 is 0 Å². The zero-order chi connectivity index (χ0) is 9.61. The number of nitrogens with one attached hydrogen (secondary N) is 1. The minimum absolute atomic E-state index is 0.427. The Balaban J connectivity index is 4.08. The van der Waals surface area contributed by atoms with Gasteiger partial charge in [-0.15, -0.1) is 12.3 Å². The molecule has 0 aliphatic heterocycles. The standard InChI is InChI=1S/C9H13NO2/c1-3-4-5-6-9(2,7-10)8(11)12/h1,7,10H,4-6H2,2H3,(H,11,12). The van der Waals surface area contributed by atoms with Gasteiger partial charge in [0.2, 0.25) is 0 Å². The maximum atomic E-state index is 10.6. The van der Waals surface area contributed by atoms with Gasteiger partial charge < -0.3 is 10.5 Å². The highest BCUT2D eigenvalue weighted by molar-refractivity contribution is 5.92. The molecular weight excluding hydrogens is 154 g/mol. The second-order valence-corrected chi connectivity index (χ2v) is 2.92. The lowest BCUT2D eigenvalue weighted by Crippen LogP contribution is -2.28. The Morgan fingerprint density at radius 2 is 2.42 bits per heavy atom. The van der Waals surface area contributed by atoms with Crippen molar-refractivity contribution in [1.29, 1.82) is 5.41 Å². The van der Waals surface area contributed by atoms with Gasteiger partial charge in [-0.05, 0) is 19.8 Å². The molecule has 0 aliphatic rings. The largest absolute Gasteiger partial charge is 0.481 e. The van der Waals surface area contributed by atoms with E-state index in [1.54, 1.807) is 0 Å². The Labute approximate surface area is 72.3 Å². The van der Waals surface area contributed by atoms with Crippen molar-refractivity contribution in [2.45, 2.75) is 26.2 Å². The van der Waals surface area contributed by atoms with Crippen LogP contribution in [0.1, 0.15) is 26.2 Å². The van der Waals surface area contributed by atoms with E-state index in [-0.39, 0.29) is 0 Å². The first-order chi connectivity index (χ1) is 5.56. The number of carboxylic acids is 1. The fourth-order valence-electron chi connectivity index (χ4n) is 0.799. The smallest absolute Gasteiger partial charge is 0.314 e. The SMILES string of the molecule is C#CCCCC(C)(C=N)C(=O)O. The zero-order valence-corrected chi connectivity index (χ0v) is 7.13. The molecule has 3 nitrogen and oxygen atoms in total. The Bertz CT molecular complexity index is 217. The highest BCUT2D eigenvalue weighted by Crippen LogP contribution is 2.21. The molecule has 0 aliphatic carbocycles. The van der Waals surface area contributed by atoms with E-state index in [1.807, 2.05) is 0 Å². The van der Waals surface area contributed by atoms with Gasteiger partial charge in [-0.2, -0.15) is 0 Å². The van der Waals surface area contributed by atoms with Gasteiger partial charge in [0, 0.05) is 12.6 Å². The molecule has 0 aromatic heterocycles. The summed E-state index contributed by atoms with van der Waals surface area (Å²) in [5.74, 6) is 1.47. The summed E-state index contributed by atoms with van der Waals surface area (Å²) in [6.45, 7) is 1.53. The van der Waals surface area contributed by atoms with E-state index in [2.05, 4.69) is 5.92 Å². The second-order valence-electron chi connectivity index (χ2n) is 2.92. The molecule has 0 rings (SSSR count). The van der Waals surface area contributed by atoms with Crippen LogP contribution in [0.4, 0.5) is 0 Å². The third kappa shape index (κ3) is 2.75. The van der Waals surface area contributed by atoms with Crippen molar-refractivity contribution >= 4 is 12.2 Å². The average Bonchev–Trinajstić information content (AvgIpc) is 2.04. The Hall–Kier alpha value is -1.30. The molecule has 0 aromatic carbocycles. The molecule has 1 unspecified atom stereocenters.